The molecule has 0 aliphatic carbocycles. The molecule has 0 bridgehead atoms. The first kappa shape index (κ1) is 67.8. The summed E-state index contributed by atoms with van der Waals surface area (Å²) in [6.45, 7) is 6.54. The number of hydrogen-bond donors (Lipinski definition) is 0. The Morgan fingerprint density at radius 3 is 0.859 bits per heavy atom. The third-order valence-electron chi connectivity index (χ3n) is 13.2. The Bertz CT molecular complexity index is 1320. The lowest BCUT2D eigenvalue weighted by atomic mass is 10.0. The number of unbranched alkanes of at least 4 members (excludes halogenated alkanes) is 32. The van der Waals surface area contributed by atoms with Gasteiger partial charge < -0.3 is 14.2 Å². The van der Waals surface area contributed by atoms with Crippen molar-refractivity contribution >= 4 is 17.9 Å². The molecule has 0 N–H and O–H groups in total. The van der Waals surface area contributed by atoms with E-state index in [0.29, 0.717) is 19.3 Å². The van der Waals surface area contributed by atoms with Crippen LogP contribution in [0.2, 0.25) is 0 Å². The van der Waals surface area contributed by atoms with E-state index in [9.17, 15) is 14.4 Å². The van der Waals surface area contributed by atoms with Crippen LogP contribution in [0.1, 0.15) is 303 Å². The fraction of sp³-hybridized carbons (Fsp3) is 0.769. The Kier molecular flexibility index (Phi) is 56.8. The minimum Gasteiger partial charge on any atom is -0.462 e. The zero-order valence-electron chi connectivity index (χ0n) is 47.0. The van der Waals surface area contributed by atoms with Crippen molar-refractivity contribution in [2.45, 2.75) is 309 Å². The van der Waals surface area contributed by atoms with Gasteiger partial charge in [0.1, 0.15) is 13.2 Å². The fourth-order valence-electron chi connectivity index (χ4n) is 8.68. The van der Waals surface area contributed by atoms with Gasteiger partial charge >= 0.3 is 17.9 Å². The largest absolute Gasteiger partial charge is 0.462 e. The Balaban J connectivity index is 4.18. The SMILES string of the molecule is CC/C=C\C/C=C\C/C=C\C/C=C\C/C=C\C/C=C\CCCCCCCCCCCCC(=O)OCC(COC(=O)CCCCCCCCCCCC)OC(=O)CCCCCCCCCCCCCCCC. The molecule has 71 heavy (non-hydrogen) atoms. The molecule has 6 nitrogen and oxygen atoms in total. The van der Waals surface area contributed by atoms with Gasteiger partial charge in [-0.1, -0.05) is 286 Å². The Morgan fingerprint density at radius 1 is 0.296 bits per heavy atom. The maximum Gasteiger partial charge on any atom is 0.306 e. The van der Waals surface area contributed by atoms with Crippen LogP contribution in [0.5, 0.6) is 0 Å². The summed E-state index contributed by atoms with van der Waals surface area (Å²) in [4.78, 5) is 38.1. The number of carbonyl (C=O) groups excluding carboxylic acids is 3. The van der Waals surface area contributed by atoms with Crippen LogP contribution in [-0.4, -0.2) is 37.2 Å². The second-order valence-corrected chi connectivity index (χ2v) is 20.2. The molecule has 0 aromatic carbocycles. The van der Waals surface area contributed by atoms with Gasteiger partial charge in [0.05, 0.1) is 0 Å². The van der Waals surface area contributed by atoms with E-state index in [0.717, 1.165) is 96.3 Å². The van der Waals surface area contributed by atoms with Gasteiger partial charge in [-0.25, -0.2) is 0 Å². The molecule has 0 rings (SSSR count). The molecule has 0 heterocycles. The highest BCUT2D eigenvalue weighted by atomic mass is 16.6. The lowest BCUT2D eigenvalue weighted by molar-refractivity contribution is -0.167. The molecule has 0 spiro atoms. The summed E-state index contributed by atoms with van der Waals surface area (Å²) in [5.74, 6) is -0.865. The first-order valence-corrected chi connectivity index (χ1v) is 30.4. The van der Waals surface area contributed by atoms with Crippen molar-refractivity contribution in [3.05, 3.63) is 72.9 Å². The van der Waals surface area contributed by atoms with Crippen molar-refractivity contribution in [3.8, 4) is 0 Å². The van der Waals surface area contributed by atoms with Crippen molar-refractivity contribution < 1.29 is 28.6 Å². The number of ether oxygens (including phenoxy) is 3. The molecule has 0 saturated heterocycles. The Labute approximate surface area is 440 Å². The van der Waals surface area contributed by atoms with E-state index in [1.165, 1.54) is 167 Å². The summed E-state index contributed by atoms with van der Waals surface area (Å²) in [7, 11) is 0. The van der Waals surface area contributed by atoms with Gasteiger partial charge in [-0.2, -0.15) is 0 Å². The van der Waals surface area contributed by atoms with Gasteiger partial charge in [0.25, 0.3) is 0 Å². The van der Waals surface area contributed by atoms with Gasteiger partial charge in [-0.05, 0) is 70.6 Å². The predicted octanol–water partition coefficient (Wildman–Crippen LogP) is 20.5. The van der Waals surface area contributed by atoms with Crippen LogP contribution in [0.3, 0.4) is 0 Å². The molecule has 0 aromatic rings. The van der Waals surface area contributed by atoms with E-state index >= 15 is 0 Å². The third kappa shape index (κ3) is 57.6. The smallest absolute Gasteiger partial charge is 0.306 e. The predicted molar refractivity (Wildman–Crippen MR) is 307 cm³/mol. The van der Waals surface area contributed by atoms with Crippen LogP contribution in [0, 0.1) is 0 Å². The first-order chi connectivity index (χ1) is 35.0. The molecule has 0 aliphatic heterocycles. The summed E-state index contributed by atoms with van der Waals surface area (Å²) in [5.41, 5.74) is 0. The zero-order chi connectivity index (χ0) is 51.4. The monoisotopic (exact) mass is 991 g/mol. The zero-order valence-corrected chi connectivity index (χ0v) is 47.0. The molecule has 410 valence electrons. The highest BCUT2D eigenvalue weighted by Crippen LogP contribution is 2.16. The van der Waals surface area contributed by atoms with Crippen molar-refractivity contribution in [1.82, 2.24) is 0 Å². The Morgan fingerprint density at radius 2 is 0.549 bits per heavy atom. The van der Waals surface area contributed by atoms with E-state index in [2.05, 4.69) is 93.7 Å². The summed E-state index contributed by atoms with van der Waals surface area (Å²) < 4.78 is 16.9. The lowest BCUT2D eigenvalue weighted by Crippen LogP contribution is -2.30. The molecule has 0 aromatic heterocycles. The minimum absolute atomic E-state index is 0.0716. The third-order valence-corrected chi connectivity index (χ3v) is 13.2. The molecular formula is C65H114O6. The van der Waals surface area contributed by atoms with E-state index in [4.69, 9.17) is 14.2 Å². The van der Waals surface area contributed by atoms with Crippen molar-refractivity contribution in [2.24, 2.45) is 0 Å². The minimum atomic E-state index is -0.772. The van der Waals surface area contributed by atoms with Crippen LogP contribution < -0.4 is 0 Å². The second-order valence-electron chi connectivity index (χ2n) is 20.2. The average Bonchev–Trinajstić information content (AvgIpc) is 3.37. The summed E-state index contributed by atoms with van der Waals surface area (Å²) in [6.07, 6.45) is 76.2. The standard InChI is InChI=1S/C65H114O6/c1-4-7-10-13-16-19-22-24-26-27-28-29-30-31-32-33-34-35-36-37-38-39-40-42-43-46-49-52-55-58-64(67)70-61-62(60-69-63(66)57-54-51-48-45-21-18-15-12-9-6-3)71-65(68)59-56-53-50-47-44-41-25-23-20-17-14-11-8-5-2/h7,10,16,19,24,26,28-29,31-32,34-35,62H,4-6,8-9,11-15,17-18,20-23,25,27,30,33,36-61H2,1-3H3/b10-7-,19-16-,26-24-,29-28-,32-31-,35-34-. The molecule has 1 atom stereocenters. The number of hydrogen-bond acceptors (Lipinski definition) is 6. The van der Waals surface area contributed by atoms with Gasteiger partial charge in [0.15, 0.2) is 6.10 Å². The molecule has 0 aliphatic rings. The Hall–Kier alpha value is -3.15. The number of allylic oxidation sites excluding steroid dienone is 12. The molecule has 0 saturated carbocycles. The molecule has 0 fully saturated rings. The van der Waals surface area contributed by atoms with Crippen LogP contribution in [0.4, 0.5) is 0 Å². The summed E-state index contributed by atoms with van der Waals surface area (Å²) in [6, 6.07) is 0. The number of esters is 3. The van der Waals surface area contributed by atoms with E-state index in [-0.39, 0.29) is 31.1 Å². The molecule has 1 unspecified atom stereocenters. The van der Waals surface area contributed by atoms with Crippen LogP contribution in [0.25, 0.3) is 0 Å². The van der Waals surface area contributed by atoms with Gasteiger partial charge in [-0.3, -0.25) is 14.4 Å². The lowest BCUT2D eigenvalue weighted by Gasteiger charge is -2.18. The van der Waals surface area contributed by atoms with Crippen LogP contribution in [0.15, 0.2) is 72.9 Å². The van der Waals surface area contributed by atoms with E-state index in [1.54, 1.807) is 0 Å². The normalized spacial score (nSPS) is 12.5. The molecule has 0 radical (unpaired) electrons. The average molecular weight is 992 g/mol. The summed E-state index contributed by atoms with van der Waals surface area (Å²) >= 11 is 0. The van der Waals surface area contributed by atoms with E-state index in [1.807, 2.05) is 0 Å². The topological polar surface area (TPSA) is 78.9 Å². The van der Waals surface area contributed by atoms with Gasteiger partial charge in [0, 0.05) is 19.3 Å². The van der Waals surface area contributed by atoms with E-state index < -0.39 is 6.10 Å². The van der Waals surface area contributed by atoms with Crippen molar-refractivity contribution in [1.29, 1.82) is 0 Å². The second kappa shape index (κ2) is 59.4. The van der Waals surface area contributed by atoms with Crippen molar-refractivity contribution in [2.75, 3.05) is 13.2 Å². The number of carbonyl (C=O) groups is 3. The van der Waals surface area contributed by atoms with Crippen molar-refractivity contribution in [3.63, 3.8) is 0 Å². The van der Waals surface area contributed by atoms with Gasteiger partial charge in [0.2, 0.25) is 0 Å². The molecule has 6 heteroatoms. The van der Waals surface area contributed by atoms with Crippen LogP contribution >= 0.6 is 0 Å². The molecule has 0 amide bonds. The maximum atomic E-state index is 12.8. The molecular weight excluding hydrogens is 877 g/mol. The van der Waals surface area contributed by atoms with Gasteiger partial charge in [-0.15, -0.1) is 0 Å². The first-order valence-electron chi connectivity index (χ1n) is 30.4. The highest BCUT2D eigenvalue weighted by Gasteiger charge is 2.19. The number of rotatable bonds is 55. The quantitative estimate of drug-likeness (QED) is 0.0261. The van der Waals surface area contributed by atoms with Crippen LogP contribution in [-0.2, 0) is 28.6 Å². The highest BCUT2D eigenvalue weighted by molar-refractivity contribution is 5.71. The fourth-order valence-corrected chi connectivity index (χ4v) is 8.68. The summed E-state index contributed by atoms with van der Waals surface area (Å²) in [5, 5.41) is 0. The maximum absolute atomic E-state index is 12.8.